The van der Waals surface area contributed by atoms with Crippen LogP contribution in [-0.4, -0.2) is 11.5 Å². The van der Waals surface area contributed by atoms with Gasteiger partial charge in [0, 0.05) is 11.3 Å². The molecular weight excluding hydrogens is 157 g/mol. The number of fused-ring (bicyclic) bond motifs is 1. The number of halogens is 1. The first-order valence-corrected chi connectivity index (χ1v) is 3.58. The Morgan fingerprint density at radius 2 is 2.17 bits per heavy atom. The van der Waals surface area contributed by atoms with Gasteiger partial charge in [-0.2, -0.15) is 0 Å². The van der Waals surface area contributed by atoms with Crippen molar-refractivity contribution < 1.29 is 9.18 Å². The quantitative estimate of drug-likeness (QED) is 0.500. The second-order valence-electron chi connectivity index (χ2n) is 2.71. The van der Waals surface area contributed by atoms with E-state index in [9.17, 15) is 9.18 Å². The Balaban J connectivity index is 2.60. The molecule has 0 aromatic carbocycles. The highest BCUT2D eigenvalue weighted by atomic mass is 19.1. The van der Waals surface area contributed by atoms with Gasteiger partial charge in [-0.1, -0.05) is 0 Å². The lowest BCUT2D eigenvalue weighted by molar-refractivity contribution is -0.112. The molecule has 1 heterocycles. The van der Waals surface area contributed by atoms with Crippen LogP contribution in [0.5, 0.6) is 0 Å². The van der Waals surface area contributed by atoms with E-state index in [2.05, 4.69) is 4.99 Å². The molecule has 3 heteroatoms. The maximum Gasteiger partial charge on any atom is 0.214 e. The second-order valence-corrected chi connectivity index (χ2v) is 2.71. The molecule has 0 spiro atoms. The summed E-state index contributed by atoms with van der Waals surface area (Å²) in [4.78, 5) is 14.9. The molecule has 0 atom stereocenters. The van der Waals surface area contributed by atoms with Crippen LogP contribution in [0.4, 0.5) is 4.39 Å². The number of rotatable bonds is 0. The lowest BCUT2D eigenvalue weighted by Gasteiger charge is -2.02. The number of nitrogens with zero attached hydrogens (tertiary/aromatic N) is 1. The number of carbonyl (C=O) groups excluding carboxylic acids is 1. The minimum atomic E-state index is -0.701. The summed E-state index contributed by atoms with van der Waals surface area (Å²) in [5.74, 6) is -1.28. The zero-order valence-corrected chi connectivity index (χ0v) is 6.47. The molecule has 0 aromatic heterocycles. The van der Waals surface area contributed by atoms with Crippen LogP contribution < -0.4 is 0 Å². The summed E-state index contributed by atoms with van der Waals surface area (Å²) in [6, 6.07) is 0. The molecular formula is C9H6FNO. The topological polar surface area (TPSA) is 29.4 Å². The molecule has 2 nitrogen and oxygen atoms in total. The molecule has 0 bridgehead atoms. The summed E-state index contributed by atoms with van der Waals surface area (Å²) < 4.78 is 13.1. The Hall–Kier alpha value is -1.51. The first-order chi connectivity index (χ1) is 5.68. The van der Waals surface area contributed by atoms with E-state index < -0.39 is 11.6 Å². The zero-order chi connectivity index (χ0) is 8.72. The molecule has 1 aliphatic carbocycles. The lowest BCUT2D eigenvalue weighted by Crippen LogP contribution is -2.08. The lowest BCUT2D eigenvalue weighted by atomic mass is 10.0. The predicted octanol–water partition coefficient (Wildman–Crippen LogP) is 1.71. The monoisotopic (exact) mass is 163 g/mol. The number of hydrogen-bond donors (Lipinski definition) is 0. The number of aliphatic imine (C=N–C) groups is 1. The van der Waals surface area contributed by atoms with Crippen LogP contribution >= 0.6 is 0 Å². The van der Waals surface area contributed by atoms with Crippen LogP contribution in [0.3, 0.4) is 0 Å². The Bertz CT molecular complexity index is 385. The molecule has 0 fully saturated rings. The second kappa shape index (κ2) is 2.24. The largest absolute Gasteiger partial charge is 0.287 e. The fourth-order valence-corrected chi connectivity index (χ4v) is 1.23. The van der Waals surface area contributed by atoms with Gasteiger partial charge in [0.2, 0.25) is 5.78 Å². The van der Waals surface area contributed by atoms with Crippen LogP contribution in [0, 0.1) is 0 Å². The van der Waals surface area contributed by atoms with Gasteiger partial charge in [-0.15, -0.1) is 0 Å². The fourth-order valence-electron chi connectivity index (χ4n) is 1.23. The van der Waals surface area contributed by atoms with Crippen molar-refractivity contribution in [2.75, 3.05) is 0 Å². The van der Waals surface area contributed by atoms with Gasteiger partial charge in [-0.25, -0.2) is 4.39 Å². The van der Waals surface area contributed by atoms with Crippen molar-refractivity contribution in [3.63, 3.8) is 0 Å². The van der Waals surface area contributed by atoms with Gasteiger partial charge in [0.25, 0.3) is 0 Å². The highest BCUT2D eigenvalue weighted by Gasteiger charge is 2.22. The molecule has 0 saturated heterocycles. The summed E-state index contributed by atoms with van der Waals surface area (Å²) in [5, 5.41) is 0. The molecule has 2 rings (SSSR count). The van der Waals surface area contributed by atoms with Gasteiger partial charge in [0.05, 0.1) is 5.71 Å². The maximum atomic E-state index is 13.1. The van der Waals surface area contributed by atoms with E-state index in [1.807, 2.05) is 0 Å². The molecule has 0 radical (unpaired) electrons. The van der Waals surface area contributed by atoms with E-state index in [0.29, 0.717) is 11.3 Å². The fraction of sp³-hybridized carbons (Fsp3) is 0.111. The summed E-state index contributed by atoms with van der Waals surface area (Å²) in [6.45, 7) is 1.77. The molecule has 12 heavy (non-hydrogen) atoms. The highest BCUT2D eigenvalue weighted by molar-refractivity contribution is 6.23. The molecule has 2 aliphatic rings. The van der Waals surface area contributed by atoms with Gasteiger partial charge >= 0.3 is 0 Å². The van der Waals surface area contributed by atoms with E-state index in [-0.39, 0.29) is 0 Å². The van der Waals surface area contributed by atoms with Gasteiger partial charge in [-0.05, 0) is 25.2 Å². The highest BCUT2D eigenvalue weighted by Crippen LogP contribution is 2.24. The van der Waals surface area contributed by atoms with Gasteiger partial charge in [0.1, 0.15) is 0 Å². The summed E-state index contributed by atoms with van der Waals surface area (Å²) in [5.41, 5.74) is 1.60. The Labute approximate surface area is 68.8 Å². The first kappa shape index (κ1) is 7.16. The van der Waals surface area contributed by atoms with Crippen LogP contribution in [0.25, 0.3) is 0 Å². The molecule has 0 unspecified atom stereocenters. The summed E-state index contributed by atoms with van der Waals surface area (Å²) in [6.07, 6.45) is 4.31. The number of ketones is 1. The van der Waals surface area contributed by atoms with Crippen molar-refractivity contribution in [2.45, 2.75) is 6.92 Å². The third-order valence-electron chi connectivity index (χ3n) is 1.77. The summed E-state index contributed by atoms with van der Waals surface area (Å²) >= 11 is 0. The van der Waals surface area contributed by atoms with Crippen molar-refractivity contribution in [3.05, 3.63) is 35.3 Å². The average Bonchev–Trinajstić information content (AvgIpc) is 2.39. The number of carbonyl (C=O) groups is 1. The minimum Gasteiger partial charge on any atom is -0.287 e. The zero-order valence-electron chi connectivity index (χ0n) is 6.47. The molecule has 60 valence electrons. The summed E-state index contributed by atoms with van der Waals surface area (Å²) in [7, 11) is 0. The van der Waals surface area contributed by atoms with E-state index in [4.69, 9.17) is 0 Å². The maximum absolute atomic E-state index is 13.1. The van der Waals surface area contributed by atoms with E-state index in [1.54, 1.807) is 13.0 Å². The van der Waals surface area contributed by atoms with Crippen LogP contribution in [0.15, 0.2) is 40.3 Å². The average molecular weight is 163 g/mol. The molecule has 1 aliphatic heterocycles. The Morgan fingerprint density at radius 1 is 1.42 bits per heavy atom. The normalized spacial score (nSPS) is 21.0. The number of hydrogen-bond acceptors (Lipinski definition) is 2. The molecule has 0 N–H and O–H groups in total. The van der Waals surface area contributed by atoms with E-state index in [1.165, 1.54) is 12.2 Å². The van der Waals surface area contributed by atoms with Crippen molar-refractivity contribution in [1.82, 2.24) is 0 Å². The van der Waals surface area contributed by atoms with Crippen LogP contribution in [0.2, 0.25) is 0 Å². The van der Waals surface area contributed by atoms with E-state index >= 15 is 0 Å². The van der Waals surface area contributed by atoms with Gasteiger partial charge in [-0.3, -0.25) is 9.79 Å². The third kappa shape index (κ3) is 0.863. The van der Waals surface area contributed by atoms with E-state index in [0.717, 1.165) is 5.70 Å². The van der Waals surface area contributed by atoms with Gasteiger partial charge in [0.15, 0.2) is 5.83 Å². The van der Waals surface area contributed by atoms with Crippen molar-refractivity contribution in [2.24, 2.45) is 4.99 Å². The standard InChI is InChI=1S/C9H6FNO/c1-5-4-6-7(11-5)2-3-8(12)9(6)10/h2-4H,1H3. The molecule has 0 saturated carbocycles. The predicted molar refractivity (Wildman–Crippen MR) is 43.5 cm³/mol. The van der Waals surface area contributed by atoms with Crippen molar-refractivity contribution >= 4 is 11.5 Å². The van der Waals surface area contributed by atoms with Crippen LogP contribution in [-0.2, 0) is 4.79 Å². The van der Waals surface area contributed by atoms with Crippen molar-refractivity contribution in [3.8, 4) is 0 Å². The molecule has 0 amide bonds. The third-order valence-corrected chi connectivity index (χ3v) is 1.77. The minimum absolute atomic E-state index is 0.319. The van der Waals surface area contributed by atoms with Crippen molar-refractivity contribution in [1.29, 1.82) is 0 Å². The molecule has 0 aromatic rings. The smallest absolute Gasteiger partial charge is 0.214 e. The number of allylic oxidation sites excluding steroid dienone is 6. The first-order valence-electron chi connectivity index (χ1n) is 3.58. The Kier molecular flexibility index (Phi) is 1.33. The van der Waals surface area contributed by atoms with Gasteiger partial charge < -0.3 is 0 Å². The SMILES string of the molecule is CC1=CC2=C(F)C(=O)C=CC2=N1. The Morgan fingerprint density at radius 3 is 2.92 bits per heavy atom. The van der Waals surface area contributed by atoms with Crippen LogP contribution in [0.1, 0.15) is 6.92 Å².